The number of rotatable bonds is 2. The molecular weight excluding hydrogens is 266 g/mol. The van der Waals surface area contributed by atoms with E-state index in [0.29, 0.717) is 12.1 Å². The van der Waals surface area contributed by atoms with Crippen LogP contribution in [-0.4, -0.2) is 33.9 Å². The number of hydrogen-bond donors (Lipinski definition) is 3. The minimum atomic E-state index is -0.481. The minimum Gasteiger partial charge on any atom is -0.411 e. The second-order valence-corrected chi connectivity index (χ2v) is 7.72. The Morgan fingerprint density at radius 2 is 1.86 bits per heavy atom. The smallest absolute Gasteiger partial charge is 0.229 e. The first-order valence-electron chi connectivity index (χ1n) is 8.07. The summed E-state index contributed by atoms with van der Waals surface area (Å²) in [6.07, 6.45) is 6.42. The summed E-state index contributed by atoms with van der Waals surface area (Å²) in [6, 6.07) is 0.285. The monoisotopic (exact) mass is 295 g/mol. The summed E-state index contributed by atoms with van der Waals surface area (Å²) in [6.45, 7) is 8.10. The number of carbonyl (C=O) groups excluding carboxylic acids is 1. The highest BCUT2D eigenvalue weighted by molar-refractivity contribution is 6.09. The van der Waals surface area contributed by atoms with Gasteiger partial charge in [0.05, 0.1) is 17.2 Å². The SMILES string of the molecule is CC1(C)CC(C(=O)NC2CCCCC2)C(=NO)C(C)(C)N1. The minimum absolute atomic E-state index is 0.0114. The van der Waals surface area contributed by atoms with Crippen molar-refractivity contribution in [2.45, 2.75) is 83.3 Å². The number of carbonyl (C=O) groups is 1. The van der Waals surface area contributed by atoms with Crippen LogP contribution >= 0.6 is 0 Å². The Bertz CT molecular complexity index is 423. The van der Waals surface area contributed by atoms with Crippen LogP contribution in [0.3, 0.4) is 0 Å². The average Bonchev–Trinajstić information content (AvgIpc) is 2.36. The number of amides is 1. The van der Waals surface area contributed by atoms with Crippen molar-refractivity contribution < 1.29 is 10.0 Å². The van der Waals surface area contributed by atoms with Gasteiger partial charge in [-0.25, -0.2) is 0 Å². The van der Waals surface area contributed by atoms with Crippen molar-refractivity contribution >= 4 is 11.6 Å². The molecule has 1 unspecified atom stereocenters. The molecule has 5 nitrogen and oxygen atoms in total. The van der Waals surface area contributed by atoms with Crippen LogP contribution < -0.4 is 10.6 Å². The highest BCUT2D eigenvalue weighted by Crippen LogP contribution is 2.31. The average molecular weight is 295 g/mol. The lowest BCUT2D eigenvalue weighted by molar-refractivity contribution is -0.125. The van der Waals surface area contributed by atoms with Gasteiger partial charge >= 0.3 is 0 Å². The van der Waals surface area contributed by atoms with Gasteiger partial charge in [0.25, 0.3) is 0 Å². The first-order valence-corrected chi connectivity index (χ1v) is 8.07. The van der Waals surface area contributed by atoms with Gasteiger partial charge in [0.15, 0.2) is 0 Å². The van der Waals surface area contributed by atoms with E-state index in [1.54, 1.807) is 0 Å². The normalized spacial score (nSPS) is 31.0. The van der Waals surface area contributed by atoms with Gasteiger partial charge in [-0.15, -0.1) is 0 Å². The van der Waals surface area contributed by atoms with E-state index in [-0.39, 0.29) is 23.4 Å². The third kappa shape index (κ3) is 3.76. The second-order valence-electron chi connectivity index (χ2n) is 7.72. The highest BCUT2D eigenvalue weighted by atomic mass is 16.4. The molecule has 0 aromatic carbocycles. The molecule has 1 saturated carbocycles. The van der Waals surface area contributed by atoms with Crippen molar-refractivity contribution in [1.29, 1.82) is 0 Å². The maximum atomic E-state index is 12.7. The lowest BCUT2D eigenvalue weighted by atomic mass is 9.73. The quantitative estimate of drug-likeness (QED) is 0.541. The van der Waals surface area contributed by atoms with Gasteiger partial charge in [-0.1, -0.05) is 24.4 Å². The lowest BCUT2D eigenvalue weighted by Gasteiger charge is -2.46. The van der Waals surface area contributed by atoms with E-state index in [9.17, 15) is 10.0 Å². The summed E-state index contributed by atoms with van der Waals surface area (Å²) >= 11 is 0. The van der Waals surface area contributed by atoms with Crippen LogP contribution in [0, 0.1) is 5.92 Å². The largest absolute Gasteiger partial charge is 0.411 e. The molecule has 1 atom stereocenters. The van der Waals surface area contributed by atoms with Crippen molar-refractivity contribution in [3.8, 4) is 0 Å². The number of hydrogen-bond acceptors (Lipinski definition) is 4. The molecule has 1 saturated heterocycles. The first-order chi connectivity index (χ1) is 9.75. The lowest BCUT2D eigenvalue weighted by Crippen LogP contribution is -2.65. The van der Waals surface area contributed by atoms with Crippen molar-refractivity contribution in [1.82, 2.24) is 10.6 Å². The summed E-state index contributed by atoms with van der Waals surface area (Å²) in [5.41, 5.74) is -0.104. The molecule has 2 rings (SSSR count). The predicted octanol–water partition coefficient (Wildman–Crippen LogP) is 2.43. The maximum absolute atomic E-state index is 12.7. The van der Waals surface area contributed by atoms with Crippen LogP contribution in [-0.2, 0) is 4.79 Å². The molecule has 1 aliphatic carbocycles. The molecule has 0 aromatic rings. The zero-order valence-electron chi connectivity index (χ0n) is 13.7. The Kier molecular flexibility index (Phi) is 4.61. The molecule has 3 N–H and O–H groups in total. The van der Waals surface area contributed by atoms with Crippen molar-refractivity contribution in [3.63, 3.8) is 0 Å². The maximum Gasteiger partial charge on any atom is 0.229 e. The van der Waals surface area contributed by atoms with Crippen LogP contribution in [0.25, 0.3) is 0 Å². The fourth-order valence-electron chi connectivity index (χ4n) is 3.96. The topological polar surface area (TPSA) is 73.7 Å². The molecule has 120 valence electrons. The molecule has 1 heterocycles. The van der Waals surface area contributed by atoms with Gasteiger partial charge < -0.3 is 15.8 Å². The molecule has 0 radical (unpaired) electrons. The van der Waals surface area contributed by atoms with E-state index in [1.807, 2.05) is 13.8 Å². The Hall–Kier alpha value is -1.10. The van der Waals surface area contributed by atoms with Crippen LogP contribution in [0.15, 0.2) is 5.16 Å². The molecular formula is C16H29N3O2. The molecule has 0 bridgehead atoms. The Morgan fingerprint density at radius 1 is 1.24 bits per heavy atom. The molecule has 21 heavy (non-hydrogen) atoms. The van der Waals surface area contributed by atoms with Gasteiger partial charge in [0.2, 0.25) is 5.91 Å². The van der Waals surface area contributed by atoms with Crippen LogP contribution in [0.4, 0.5) is 0 Å². The van der Waals surface area contributed by atoms with Crippen molar-refractivity contribution in [3.05, 3.63) is 0 Å². The Balaban J connectivity index is 2.12. The fraction of sp³-hybridized carbons (Fsp3) is 0.875. The van der Waals surface area contributed by atoms with Gasteiger partial charge in [-0.3, -0.25) is 4.79 Å². The number of nitrogens with zero attached hydrogens (tertiary/aromatic N) is 1. The van der Waals surface area contributed by atoms with Crippen molar-refractivity contribution in [2.24, 2.45) is 11.1 Å². The van der Waals surface area contributed by atoms with Crippen LogP contribution in [0.1, 0.15) is 66.2 Å². The van der Waals surface area contributed by atoms with Gasteiger partial charge in [-0.2, -0.15) is 0 Å². The van der Waals surface area contributed by atoms with E-state index in [2.05, 4.69) is 29.6 Å². The highest BCUT2D eigenvalue weighted by Gasteiger charge is 2.46. The van der Waals surface area contributed by atoms with E-state index in [1.165, 1.54) is 19.3 Å². The third-order valence-electron chi connectivity index (χ3n) is 4.71. The zero-order chi connectivity index (χ0) is 15.7. The summed E-state index contributed by atoms with van der Waals surface area (Å²) in [5, 5.41) is 19.5. The summed E-state index contributed by atoms with van der Waals surface area (Å²) < 4.78 is 0. The molecule has 0 spiro atoms. The standard InChI is InChI=1S/C16H29N3O2/c1-15(2)10-12(13(18-21)16(3,4)19-15)14(20)17-11-8-6-5-7-9-11/h11-12,19,21H,5-10H2,1-4H3,(H,17,20). The Labute approximate surface area is 127 Å². The van der Waals surface area contributed by atoms with Crippen LogP contribution in [0.2, 0.25) is 0 Å². The van der Waals surface area contributed by atoms with E-state index < -0.39 is 5.54 Å². The fourth-order valence-corrected chi connectivity index (χ4v) is 3.96. The molecule has 1 aliphatic heterocycles. The van der Waals surface area contributed by atoms with E-state index >= 15 is 0 Å². The number of piperidine rings is 1. The molecule has 2 aliphatic rings. The van der Waals surface area contributed by atoms with Gasteiger partial charge in [-0.05, 0) is 47.0 Å². The number of nitrogens with one attached hydrogen (secondary N) is 2. The van der Waals surface area contributed by atoms with Crippen LogP contribution in [0.5, 0.6) is 0 Å². The number of oxime groups is 1. The summed E-state index contributed by atoms with van der Waals surface area (Å²) in [5.74, 6) is -0.347. The molecule has 1 amide bonds. The van der Waals surface area contributed by atoms with Gasteiger partial charge in [0.1, 0.15) is 0 Å². The van der Waals surface area contributed by atoms with E-state index in [4.69, 9.17) is 0 Å². The van der Waals surface area contributed by atoms with E-state index in [0.717, 1.165) is 12.8 Å². The van der Waals surface area contributed by atoms with Crippen molar-refractivity contribution in [2.75, 3.05) is 0 Å². The molecule has 2 fully saturated rings. The summed E-state index contributed by atoms with van der Waals surface area (Å²) in [4.78, 5) is 12.7. The second kappa shape index (κ2) is 5.95. The predicted molar refractivity (Wildman–Crippen MR) is 83.6 cm³/mol. The molecule has 0 aromatic heterocycles. The van der Waals surface area contributed by atoms with Gasteiger partial charge in [0, 0.05) is 11.6 Å². The first kappa shape index (κ1) is 16.3. The Morgan fingerprint density at radius 3 is 2.43 bits per heavy atom. The third-order valence-corrected chi connectivity index (χ3v) is 4.71. The molecule has 5 heteroatoms. The zero-order valence-corrected chi connectivity index (χ0v) is 13.7. The summed E-state index contributed by atoms with van der Waals surface area (Å²) in [7, 11) is 0.